The lowest BCUT2D eigenvalue weighted by molar-refractivity contribution is -0.121. The van der Waals surface area contributed by atoms with Crippen LogP contribution in [0, 0.1) is 5.82 Å². The summed E-state index contributed by atoms with van der Waals surface area (Å²) in [5.41, 5.74) is 4.39. The fourth-order valence-electron chi connectivity index (χ4n) is 8.98. The summed E-state index contributed by atoms with van der Waals surface area (Å²) in [5.74, 6) is -0.649. The second-order valence-electron chi connectivity index (χ2n) is 21.7. The second kappa shape index (κ2) is 23.7. The number of hydrogen-bond acceptors (Lipinski definition) is 12. The third-order valence-corrected chi connectivity index (χ3v) is 12.7. The van der Waals surface area contributed by atoms with Crippen molar-refractivity contribution in [3.8, 4) is 0 Å². The summed E-state index contributed by atoms with van der Waals surface area (Å²) < 4.78 is 37.4. The normalized spacial score (nSPS) is 17.4. The van der Waals surface area contributed by atoms with Crippen LogP contribution < -0.4 is 10.2 Å². The molecule has 1 fully saturated rings. The molecule has 2 aromatic carbocycles. The Morgan fingerprint density at radius 2 is 1.56 bits per heavy atom. The van der Waals surface area contributed by atoms with Crippen LogP contribution in [0.15, 0.2) is 79.1 Å². The molecule has 0 radical (unpaired) electrons. The van der Waals surface area contributed by atoms with Gasteiger partial charge in [0.1, 0.15) is 17.0 Å². The van der Waals surface area contributed by atoms with Crippen LogP contribution in [0.5, 0.6) is 0 Å². The molecule has 72 heavy (non-hydrogen) atoms. The monoisotopic (exact) mass is 995 g/mol. The van der Waals surface area contributed by atoms with Crippen molar-refractivity contribution in [3.05, 3.63) is 119 Å². The summed E-state index contributed by atoms with van der Waals surface area (Å²) in [5, 5.41) is 2.86. The minimum atomic E-state index is -0.716. The molecular weight excluding hydrogens is 920 g/mol. The molecule has 390 valence electrons. The van der Waals surface area contributed by atoms with Gasteiger partial charge in [0.2, 0.25) is 5.91 Å². The third kappa shape index (κ3) is 15.0. The number of halogens is 1. The number of piperazine rings is 1. The number of carbonyl (C=O) groups excluding carboxylic acids is 4. The van der Waals surface area contributed by atoms with Gasteiger partial charge in [-0.1, -0.05) is 38.1 Å². The Bertz CT molecular complexity index is 2480. The van der Waals surface area contributed by atoms with E-state index < -0.39 is 22.7 Å². The summed E-state index contributed by atoms with van der Waals surface area (Å²) in [6.45, 7) is 22.8. The lowest BCUT2D eigenvalue weighted by atomic mass is 9.90. The van der Waals surface area contributed by atoms with Gasteiger partial charge in [-0.3, -0.25) is 34.3 Å². The van der Waals surface area contributed by atoms with Crippen molar-refractivity contribution in [2.75, 3.05) is 83.5 Å². The zero-order valence-corrected chi connectivity index (χ0v) is 44.3. The van der Waals surface area contributed by atoms with Gasteiger partial charge in [-0.2, -0.15) is 0 Å². The first kappa shape index (κ1) is 55.3. The number of methoxy groups -OCH3 is 1. The maximum atomic E-state index is 14.5. The number of hydrogen-bond donors (Lipinski definition) is 1. The van der Waals surface area contributed by atoms with Gasteiger partial charge >= 0.3 is 12.2 Å². The highest BCUT2D eigenvalue weighted by molar-refractivity contribution is 6.04. The molecule has 17 heteroatoms. The molecular formula is C55H75FN8O8. The van der Waals surface area contributed by atoms with Crippen molar-refractivity contribution in [2.45, 2.75) is 117 Å². The van der Waals surface area contributed by atoms with E-state index in [4.69, 9.17) is 23.9 Å². The Hall–Kier alpha value is -6.01. The first-order chi connectivity index (χ1) is 33.9. The van der Waals surface area contributed by atoms with E-state index in [2.05, 4.69) is 40.0 Å². The Morgan fingerprint density at radius 3 is 2.19 bits per heavy atom. The number of benzene rings is 2. The summed E-state index contributed by atoms with van der Waals surface area (Å²) in [6.07, 6.45) is 2.83. The fourth-order valence-corrected chi connectivity index (χ4v) is 8.98. The van der Waals surface area contributed by atoms with Gasteiger partial charge in [-0.25, -0.2) is 14.0 Å². The van der Waals surface area contributed by atoms with E-state index in [0.717, 1.165) is 33.8 Å². The van der Waals surface area contributed by atoms with Crippen LogP contribution in [0.3, 0.4) is 0 Å². The maximum Gasteiger partial charge on any atom is 0.410 e. The number of nitrogens with zero attached hydrogens (tertiary/aromatic N) is 7. The molecule has 0 spiro atoms. The van der Waals surface area contributed by atoms with Gasteiger partial charge in [-0.15, -0.1) is 0 Å². The van der Waals surface area contributed by atoms with E-state index in [-0.39, 0.29) is 61.5 Å². The Morgan fingerprint density at radius 1 is 0.903 bits per heavy atom. The van der Waals surface area contributed by atoms with Gasteiger partial charge in [0, 0.05) is 81.5 Å². The molecule has 4 aromatic rings. The van der Waals surface area contributed by atoms with Gasteiger partial charge in [-0.05, 0) is 128 Å². The van der Waals surface area contributed by atoms with E-state index in [0.29, 0.717) is 63.6 Å². The molecule has 2 aliphatic rings. The first-order valence-electron chi connectivity index (χ1n) is 24.8. The number of likely N-dealkylation sites (N-methyl/N-ethyl adjacent to an activating group) is 1. The molecule has 2 aromatic heterocycles. The smallest absolute Gasteiger partial charge is 0.410 e. The molecule has 0 bridgehead atoms. The minimum Gasteiger partial charge on any atom is -0.444 e. The van der Waals surface area contributed by atoms with E-state index in [1.165, 1.54) is 12.1 Å². The molecule has 1 N–H and O–H groups in total. The maximum absolute atomic E-state index is 14.5. The van der Waals surface area contributed by atoms with Gasteiger partial charge < -0.3 is 34.1 Å². The number of nitrogens with one attached hydrogen (secondary N) is 1. The van der Waals surface area contributed by atoms with E-state index in [1.807, 2.05) is 79.5 Å². The average Bonchev–Trinajstić information content (AvgIpc) is 3.56. The number of ether oxygens (including phenoxy) is 4. The molecule has 6 rings (SSSR count). The van der Waals surface area contributed by atoms with Gasteiger partial charge in [0.15, 0.2) is 0 Å². The zero-order chi connectivity index (χ0) is 52.5. The molecule has 16 nitrogen and oxygen atoms in total. The minimum absolute atomic E-state index is 0.0724. The summed E-state index contributed by atoms with van der Waals surface area (Å²) in [6, 6.07) is 18.3. The first-order valence-corrected chi connectivity index (χ1v) is 24.8. The molecule has 4 amide bonds. The number of anilines is 2. The lowest BCUT2D eigenvalue weighted by Gasteiger charge is -2.45. The van der Waals surface area contributed by atoms with E-state index >= 15 is 0 Å². The van der Waals surface area contributed by atoms with Crippen LogP contribution in [-0.4, -0.2) is 150 Å². The Kier molecular flexibility index (Phi) is 18.2. The van der Waals surface area contributed by atoms with Crippen LogP contribution in [0.1, 0.15) is 114 Å². The molecule has 1 saturated heterocycles. The number of amides is 4. The highest BCUT2D eigenvalue weighted by Gasteiger charge is 2.43. The van der Waals surface area contributed by atoms with Crippen molar-refractivity contribution < 1.29 is 42.5 Å². The lowest BCUT2D eigenvalue weighted by Crippen LogP contribution is -2.62. The molecule has 0 aliphatic carbocycles. The molecule has 2 aliphatic heterocycles. The van der Waals surface area contributed by atoms with Crippen LogP contribution in [0.2, 0.25) is 0 Å². The third-order valence-electron chi connectivity index (χ3n) is 12.7. The van der Waals surface area contributed by atoms with Crippen LogP contribution in [-0.2, 0) is 42.1 Å². The predicted octanol–water partition coefficient (Wildman–Crippen LogP) is 8.49. The average molecular weight is 995 g/mol. The summed E-state index contributed by atoms with van der Waals surface area (Å²) in [7, 11) is 3.62. The van der Waals surface area contributed by atoms with Gasteiger partial charge in [0.05, 0.1) is 55.5 Å². The SMILES string of the molecule is COC[C@H]1CN(C(=O)OC(C)(C)C)[C@H](C)CN1CC(=O)N1CC(C)(C)c2nc(CN(C)CCOCCN(C(=O)OC(C)(C)C)[C@H](C)c3ccc(C(=O)Nc4ccncc4)cc3)c(Cc3ccc(F)cc3)cc21. The van der Waals surface area contributed by atoms with E-state index in [9.17, 15) is 23.6 Å². The van der Waals surface area contributed by atoms with Crippen LogP contribution in [0.25, 0.3) is 0 Å². The van der Waals surface area contributed by atoms with Crippen LogP contribution in [0.4, 0.5) is 25.4 Å². The topological polar surface area (TPSA) is 159 Å². The van der Waals surface area contributed by atoms with Crippen LogP contribution >= 0.6 is 0 Å². The largest absolute Gasteiger partial charge is 0.444 e. The second-order valence-corrected chi connectivity index (χ2v) is 21.7. The summed E-state index contributed by atoms with van der Waals surface area (Å²) in [4.78, 5) is 72.9. The highest BCUT2D eigenvalue weighted by atomic mass is 19.1. The van der Waals surface area contributed by atoms with E-state index in [1.54, 1.807) is 65.7 Å². The number of pyridine rings is 2. The Balaban J connectivity index is 1.12. The van der Waals surface area contributed by atoms with Crippen molar-refractivity contribution in [1.82, 2.24) is 29.6 Å². The fraction of sp³-hybridized carbons (Fsp3) is 0.527. The van der Waals surface area contributed by atoms with Crippen molar-refractivity contribution in [1.29, 1.82) is 0 Å². The molecule has 0 unspecified atom stereocenters. The molecule has 4 heterocycles. The highest BCUT2D eigenvalue weighted by Crippen LogP contribution is 2.41. The summed E-state index contributed by atoms with van der Waals surface area (Å²) >= 11 is 0. The number of rotatable bonds is 18. The standard InChI is InChI=1S/C55H75FN8O8/c1-37-31-61(45(35-69-12)32-63(37)52(68)72-54(6,7)8)34-48(65)64-36-55(9,10)49-47(64)30-42(29-39-13-19-43(56)20-14-39)46(59-49)33-60(11)25-27-70-28-26-62(51(67)71-53(3,4)5)38(2)40-15-17-41(18-16-40)50(66)58-44-21-23-57-24-22-44/h13-24,30,37-38,45H,25-29,31-36H2,1-12H3,(H,57,58,66)/t37-,38-,45-/m1/s1. The quantitative estimate of drug-likeness (QED) is 0.0950. The van der Waals surface area contributed by atoms with Crippen molar-refractivity contribution in [3.63, 3.8) is 0 Å². The Labute approximate surface area is 425 Å². The van der Waals surface area contributed by atoms with Crippen molar-refractivity contribution in [2.24, 2.45) is 0 Å². The zero-order valence-electron chi connectivity index (χ0n) is 44.3. The number of aromatic nitrogens is 2. The molecule has 3 atom stereocenters. The number of fused-ring (bicyclic) bond motifs is 1. The number of carbonyl (C=O) groups is 4. The molecule has 0 saturated carbocycles. The van der Waals surface area contributed by atoms with Crippen molar-refractivity contribution >= 4 is 35.4 Å². The predicted molar refractivity (Wildman–Crippen MR) is 276 cm³/mol. The van der Waals surface area contributed by atoms with Gasteiger partial charge in [0.25, 0.3) is 5.91 Å².